The van der Waals surface area contributed by atoms with Crippen LogP contribution in [0, 0.1) is 0 Å². The zero-order valence-corrected chi connectivity index (χ0v) is 9.64. The van der Waals surface area contributed by atoms with Gasteiger partial charge in [-0.3, -0.25) is 4.98 Å². The van der Waals surface area contributed by atoms with Crippen molar-refractivity contribution in [1.82, 2.24) is 10.3 Å². The third kappa shape index (κ3) is 2.61. The van der Waals surface area contributed by atoms with Gasteiger partial charge in [0.15, 0.2) is 0 Å². The Bertz CT molecular complexity index is 334. The van der Waals surface area contributed by atoms with Gasteiger partial charge in [-0.05, 0) is 38.9 Å². The van der Waals surface area contributed by atoms with Gasteiger partial charge in [-0.1, -0.05) is 11.6 Å². The van der Waals surface area contributed by atoms with Crippen LogP contribution >= 0.6 is 11.6 Å². The Hall–Kier alpha value is -0.800. The summed E-state index contributed by atoms with van der Waals surface area (Å²) in [6.45, 7) is 4.36. The van der Waals surface area contributed by atoms with Gasteiger partial charge < -0.3 is 10.6 Å². The molecule has 1 aromatic heterocycles. The summed E-state index contributed by atoms with van der Waals surface area (Å²) in [5.74, 6) is 0. The van der Waals surface area contributed by atoms with Gasteiger partial charge in [0.05, 0.1) is 10.7 Å². The Morgan fingerprint density at radius 3 is 2.87 bits per heavy atom. The Morgan fingerprint density at radius 2 is 2.20 bits per heavy atom. The average Bonchev–Trinajstić information content (AvgIpc) is 2.22. The summed E-state index contributed by atoms with van der Waals surface area (Å²) in [7, 11) is 0. The molecule has 2 N–H and O–H groups in total. The summed E-state index contributed by atoms with van der Waals surface area (Å²) in [6.07, 6.45) is 5.67. The van der Waals surface area contributed by atoms with Crippen molar-refractivity contribution in [3.05, 3.63) is 23.5 Å². The third-order valence-corrected chi connectivity index (χ3v) is 3.22. The zero-order valence-electron chi connectivity index (χ0n) is 8.89. The maximum atomic E-state index is 6.06. The minimum atomic E-state index is 0.149. The van der Waals surface area contributed by atoms with Gasteiger partial charge in [-0.2, -0.15) is 0 Å². The minimum Gasteiger partial charge on any atom is -0.378 e. The lowest BCUT2D eigenvalue weighted by molar-refractivity contribution is 0.365. The molecule has 1 fully saturated rings. The predicted octanol–water partition coefficient (Wildman–Crippen LogP) is 2.29. The standard InChI is InChI=1S/C11H16ClN3/c1-11(3-6-13-7-4-11)15-10-2-5-14-8-9(10)12/h2,5,8,13H,3-4,6-7H2,1H3,(H,14,15). The van der Waals surface area contributed by atoms with Crippen LogP contribution in [-0.4, -0.2) is 23.6 Å². The minimum absolute atomic E-state index is 0.149. The summed E-state index contributed by atoms with van der Waals surface area (Å²) in [6, 6.07) is 1.93. The van der Waals surface area contributed by atoms with Crippen molar-refractivity contribution in [3.8, 4) is 0 Å². The molecule has 4 heteroatoms. The number of nitrogens with zero attached hydrogens (tertiary/aromatic N) is 1. The molecule has 1 aliphatic heterocycles. The van der Waals surface area contributed by atoms with Gasteiger partial charge in [-0.25, -0.2) is 0 Å². The third-order valence-electron chi connectivity index (χ3n) is 2.92. The summed E-state index contributed by atoms with van der Waals surface area (Å²) in [4.78, 5) is 3.98. The summed E-state index contributed by atoms with van der Waals surface area (Å²) in [5, 5.41) is 7.56. The van der Waals surface area contributed by atoms with E-state index >= 15 is 0 Å². The quantitative estimate of drug-likeness (QED) is 0.811. The average molecular weight is 226 g/mol. The van der Waals surface area contributed by atoms with Crippen molar-refractivity contribution in [2.45, 2.75) is 25.3 Å². The maximum absolute atomic E-state index is 6.06. The molecule has 1 saturated heterocycles. The van der Waals surface area contributed by atoms with Crippen molar-refractivity contribution in [2.24, 2.45) is 0 Å². The van der Waals surface area contributed by atoms with Crippen molar-refractivity contribution < 1.29 is 0 Å². The first-order valence-corrected chi connectivity index (χ1v) is 5.66. The van der Waals surface area contributed by atoms with Crippen LogP contribution in [-0.2, 0) is 0 Å². The molecule has 1 aliphatic rings. The number of pyridine rings is 1. The first-order valence-electron chi connectivity index (χ1n) is 5.28. The first kappa shape index (κ1) is 10.7. The molecular formula is C11H16ClN3. The van der Waals surface area contributed by atoms with Gasteiger partial charge in [0.1, 0.15) is 0 Å². The van der Waals surface area contributed by atoms with Gasteiger partial charge in [0.25, 0.3) is 0 Å². The molecule has 0 aliphatic carbocycles. The normalized spacial score (nSPS) is 19.9. The number of anilines is 1. The fourth-order valence-electron chi connectivity index (χ4n) is 1.91. The highest BCUT2D eigenvalue weighted by Gasteiger charge is 2.26. The largest absolute Gasteiger partial charge is 0.378 e. The number of hydrogen-bond donors (Lipinski definition) is 2. The molecule has 0 unspecified atom stereocenters. The summed E-state index contributed by atoms with van der Waals surface area (Å²) < 4.78 is 0. The molecule has 82 valence electrons. The number of aromatic nitrogens is 1. The number of nitrogens with one attached hydrogen (secondary N) is 2. The van der Waals surface area contributed by atoms with Crippen LogP contribution in [0.2, 0.25) is 5.02 Å². The Labute approximate surface area is 95.2 Å². The van der Waals surface area contributed by atoms with E-state index in [0.717, 1.165) is 31.6 Å². The molecule has 3 nitrogen and oxygen atoms in total. The van der Waals surface area contributed by atoms with Crippen LogP contribution in [0.15, 0.2) is 18.5 Å². The van der Waals surface area contributed by atoms with Crippen molar-refractivity contribution in [3.63, 3.8) is 0 Å². The van der Waals surface area contributed by atoms with E-state index in [4.69, 9.17) is 11.6 Å². The molecule has 1 aromatic rings. The Balaban J connectivity index is 2.10. The second kappa shape index (κ2) is 4.37. The second-order valence-corrected chi connectivity index (χ2v) is 4.70. The van der Waals surface area contributed by atoms with Gasteiger partial charge in [-0.15, -0.1) is 0 Å². The lowest BCUT2D eigenvalue weighted by Crippen LogP contribution is -2.45. The van der Waals surface area contributed by atoms with Crippen LogP contribution in [0.1, 0.15) is 19.8 Å². The van der Waals surface area contributed by atoms with E-state index in [-0.39, 0.29) is 5.54 Å². The topological polar surface area (TPSA) is 37.0 Å². The highest BCUT2D eigenvalue weighted by molar-refractivity contribution is 6.33. The van der Waals surface area contributed by atoms with E-state index in [2.05, 4.69) is 22.5 Å². The monoisotopic (exact) mass is 225 g/mol. The predicted molar refractivity (Wildman–Crippen MR) is 63.4 cm³/mol. The number of rotatable bonds is 2. The van der Waals surface area contributed by atoms with Crippen LogP contribution in [0.5, 0.6) is 0 Å². The van der Waals surface area contributed by atoms with E-state index in [1.165, 1.54) is 0 Å². The van der Waals surface area contributed by atoms with Crippen molar-refractivity contribution in [2.75, 3.05) is 18.4 Å². The molecule has 0 bridgehead atoms. The molecule has 0 spiro atoms. The number of piperidine rings is 1. The molecule has 0 radical (unpaired) electrons. The SMILES string of the molecule is CC1(Nc2ccncc2Cl)CCNCC1. The molecule has 0 atom stereocenters. The van der Waals surface area contributed by atoms with Crippen LogP contribution in [0.25, 0.3) is 0 Å². The molecule has 0 saturated carbocycles. The van der Waals surface area contributed by atoms with Crippen molar-refractivity contribution >= 4 is 17.3 Å². The lowest BCUT2D eigenvalue weighted by atomic mass is 9.90. The number of hydrogen-bond acceptors (Lipinski definition) is 3. The van der Waals surface area contributed by atoms with Gasteiger partial charge >= 0.3 is 0 Å². The molecule has 15 heavy (non-hydrogen) atoms. The smallest absolute Gasteiger partial charge is 0.0820 e. The lowest BCUT2D eigenvalue weighted by Gasteiger charge is -2.36. The second-order valence-electron chi connectivity index (χ2n) is 4.29. The molecule has 2 rings (SSSR count). The fourth-order valence-corrected chi connectivity index (χ4v) is 2.07. The zero-order chi connectivity index (χ0) is 10.7. The van der Waals surface area contributed by atoms with Gasteiger partial charge in [0.2, 0.25) is 0 Å². The van der Waals surface area contributed by atoms with E-state index in [1.807, 2.05) is 6.07 Å². The maximum Gasteiger partial charge on any atom is 0.0820 e. The Morgan fingerprint density at radius 1 is 1.47 bits per heavy atom. The highest BCUT2D eigenvalue weighted by atomic mass is 35.5. The molecular weight excluding hydrogens is 210 g/mol. The highest BCUT2D eigenvalue weighted by Crippen LogP contribution is 2.27. The van der Waals surface area contributed by atoms with Gasteiger partial charge in [0, 0.05) is 17.9 Å². The Kier molecular flexibility index (Phi) is 3.12. The van der Waals surface area contributed by atoms with Crippen LogP contribution < -0.4 is 10.6 Å². The summed E-state index contributed by atoms with van der Waals surface area (Å²) in [5.41, 5.74) is 1.13. The summed E-state index contributed by atoms with van der Waals surface area (Å²) >= 11 is 6.06. The van der Waals surface area contributed by atoms with E-state index in [0.29, 0.717) is 5.02 Å². The first-order chi connectivity index (χ1) is 7.20. The molecule has 0 aromatic carbocycles. The molecule has 0 amide bonds. The van der Waals surface area contributed by atoms with E-state index < -0.39 is 0 Å². The molecule has 2 heterocycles. The van der Waals surface area contributed by atoms with Crippen LogP contribution in [0.4, 0.5) is 5.69 Å². The fraction of sp³-hybridized carbons (Fsp3) is 0.545. The van der Waals surface area contributed by atoms with E-state index in [1.54, 1.807) is 12.4 Å². The van der Waals surface area contributed by atoms with Crippen LogP contribution in [0.3, 0.4) is 0 Å². The number of halogens is 1. The van der Waals surface area contributed by atoms with E-state index in [9.17, 15) is 0 Å². The van der Waals surface area contributed by atoms with Crippen molar-refractivity contribution in [1.29, 1.82) is 0 Å².